The maximum atomic E-state index is 13.9. The maximum Gasteiger partial charge on any atom is 0.403 e. The lowest BCUT2D eigenvalue weighted by Gasteiger charge is -2.37. The number of piperidine rings is 1. The van der Waals surface area contributed by atoms with Crippen molar-refractivity contribution in [2.24, 2.45) is 30.0 Å². The van der Waals surface area contributed by atoms with Crippen LogP contribution in [0.3, 0.4) is 0 Å². The number of hydrogen-bond acceptors (Lipinski definition) is 6. The van der Waals surface area contributed by atoms with Crippen LogP contribution < -0.4 is 15.8 Å². The summed E-state index contributed by atoms with van der Waals surface area (Å²) in [5.41, 5.74) is 8.03. The van der Waals surface area contributed by atoms with E-state index in [-0.39, 0.29) is 30.8 Å². The number of hydrogen-bond donors (Lipinski definition) is 2. The number of carbonyl (C=O) groups is 2. The monoisotopic (exact) mass is 663 g/mol. The summed E-state index contributed by atoms with van der Waals surface area (Å²) < 4.78 is 50.7. The summed E-state index contributed by atoms with van der Waals surface area (Å²) in [7, 11) is 3.50. The first-order valence-corrected chi connectivity index (χ1v) is 16.9. The van der Waals surface area contributed by atoms with E-state index in [4.69, 9.17) is 20.4 Å². The number of halogens is 3. The minimum absolute atomic E-state index is 0.0173. The SMILES string of the molecule is COc1cc(C(=O)N2C[C@H](N)[C@H]3CC[C@@H]2C3)cc2nc(-c3cc4ccc([C@@H](C)NC(=O)C5(C(F)(F)F)CC5)nc4n3CC3CC3)n(C)c12. The van der Waals surface area contributed by atoms with Crippen LogP contribution in [0.4, 0.5) is 13.2 Å². The zero-order chi connectivity index (χ0) is 33.7. The van der Waals surface area contributed by atoms with Gasteiger partial charge in [0.2, 0.25) is 5.91 Å². The molecule has 1 saturated heterocycles. The molecule has 4 fully saturated rings. The number of benzene rings is 1. The van der Waals surface area contributed by atoms with Gasteiger partial charge in [0, 0.05) is 43.2 Å². The molecule has 2 bridgehead atoms. The number of carbonyl (C=O) groups excluding carboxylic acids is 2. The molecule has 4 heterocycles. The van der Waals surface area contributed by atoms with E-state index in [2.05, 4.69) is 9.88 Å². The van der Waals surface area contributed by atoms with Gasteiger partial charge in [0.05, 0.1) is 30.1 Å². The van der Waals surface area contributed by atoms with Crippen molar-refractivity contribution >= 4 is 33.9 Å². The average Bonchev–Trinajstić information content (AvgIpc) is 3.96. The highest BCUT2D eigenvalue weighted by molar-refractivity contribution is 6.00. The molecule has 10 nitrogen and oxygen atoms in total. The largest absolute Gasteiger partial charge is 0.494 e. The second-order valence-electron chi connectivity index (χ2n) is 14.4. The number of nitrogens with one attached hydrogen (secondary N) is 1. The number of pyridine rings is 1. The van der Waals surface area contributed by atoms with Crippen LogP contribution in [-0.2, 0) is 18.4 Å². The molecule has 48 heavy (non-hydrogen) atoms. The van der Waals surface area contributed by atoms with E-state index in [1.54, 1.807) is 26.2 Å². The lowest BCUT2D eigenvalue weighted by Crippen LogP contribution is -2.51. The van der Waals surface area contributed by atoms with Gasteiger partial charge in [0.25, 0.3) is 5.91 Å². The third-order valence-corrected chi connectivity index (χ3v) is 11.2. The number of fused-ring (bicyclic) bond motifs is 4. The Morgan fingerprint density at radius 2 is 1.90 bits per heavy atom. The van der Waals surface area contributed by atoms with Gasteiger partial charge in [-0.25, -0.2) is 9.97 Å². The van der Waals surface area contributed by atoms with Gasteiger partial charge >= 0.3 is 6.18 Å². The van der Waals surface area contributed by atoms with Crippen molar-refractivity contribution in [2.45, 2.75) is 82.7 Å². The number of amides is 2. The Bertz CT molecular complexity index is 1960. The fourth-order valence-electron chi connectivity index (χ4n) is 7.91. The number of nitrogens with zero attached hydrogens (tertiary/aromatic N) is 5. The van der Waals surface area contributed by atoms with Gasteiger partial charge in [0.15, 0.2) is 5.82 Å². The van der Waals surface area contributed by atoms with Gasteiger partial charge in [0.1, 0.15) is 22.3 Å². The predicted octanol–water partition coefficient (Wildman–Crippen LogP) is 5.48. The Labute approximate surface area is 275 Å². The number of imidazole rings is 1. The van der Waals surface area contributed by atoms with Crippen molar-refractivity contribution in [1.29, 1.82) is 0 Å². The molecule has 0 radical (unpaired) electrons. The normalized spacial score (nSPS) is 23.9. The van der Waals surface area contributed by atoms with Crippen LogP contribution >= 0.6 is 0 Å². The summed E-state index contributed by atoms with van der Waals surface area (Å²) in [6, 6.07) is 8.75. The number of nitrogens with two attached hydrogens (primary N) is 1. The van der Waals surface area contributed by atoms with Crippen LogP contribution in [0.2, 0.25) is 0 Å². The molecule has 3 saturated carbocycles. The number of rotatable bonds is 8. The Morgan fingerprint density at radius 3 is 2.58 bits per heavy atom. The molecule has 3 N–H and O–H groups in total. The van der Waals surface area contributed by atoms with Gasteiger partial charge in [-0.05, 0) is 94.0 Å². The molecular formula is C35H40F3N7O3. The molecule has 4 atom stereocenters. The zero-order valence-electron chi connectivity index (χ0n) is 27.3. The van der Waals surface area contributed by atoms with E-state index >= 15 is 0 Å². The van der Waals surface area contributed by atoms with Crippen molar-refractivity contribution in [3.8, 4) is 17.3 Å². The molecule has 4 aliphatic rings. The Morgan fingerprint density at radius 1 is 1.12 bits per heavy atom. The number of alkyl halides is 3. The predicted molar refractivity (Wildman–Crippen MR) is 173 cm³/mol. The van der Waals surface area contributed by atoms with Gasteiger partial charge in [-0.1, -0.05) is 0 Å². The molecule has 8 rings (SSSR count). The summed E-state index contributed by atoms with van der Waals surface area (Å²) in [6.45, 7) is 2.91. The van der Waals surface area contributed by atoms with Gasteiger partial charge in [-0.15, -0.1) is 0 Å². The van der Waals surface area contributed by atoms with Crippen molar-refractivity contribution in [2.75, 3.05) is 13.7 Å². The third-order valence-electron chi connectivity index (χ3n) is 11.2. The summed E-state index contributed by atoms with van der Waals surface area (Å²) in [4.78, 5) is 38.4. The highest BCUT2D eigenvalue weighted by Crippen LogP contribution is 2.58. The van der Waals surface area contributed by atoms with Crippen molar-refractivity contribution < 1.29 is 27.5 Å². The van der Waals surface area contributed by atoms with E-state index < -0.39 is 23.5 Å². The Hall–Kier alpha value is -4.13. The molecule has 13 heteroatoms. The van der Waals surface area contributed by atoms with Crippen molar-refractivity contribution in [3.63, 3.8) is 0 Å². The van der Waals surface area contributed by atoms with E-state index in [0.717, 1.165) is 48.7 Å². The fourth-order valence-corrected chi connectivity index (χ4v) is 7.91. The summed E-state index contributed by atoms with van der Waals surface area (Å²) in [5.74, 6) is 1.11. The molecular weight excluding hydrogens is 623 g/mol. The van der Waals surface area contributed by atoms with Crippen molar-refractivity contribution in [1.82, 2.24) is 29.3 Å². The first-order valence-electron chi connectivity index (χ1n) is 16.9. The molecule has 3 aliphatic carbocycles. The smallest absolute Gasteiger partial charge is 0.403 e. The Kier molecular flexibility index (Phi) is 7.10. The second-order valence-corrected chi connectivity index (χ2v) is 14.4. The number of ether oxygens (including phenoxy) is 1. The summed E-state index contributed by atoms with van der Waals surface area (Å²) in [6.07, 6.45) is 0.188. The van der Waals surface area contributed by atoms with Crippen LogP contribution in [0.15, 0.2) is 30.3 Å². The molecule has 3 aromatic heterocycles. The minimum atomic E-state index is -4.58. The topological polar surface area (TPSA) is 120 Å². The van der Waals surface area contributed by atoms with Crippen LogP contribution in [-0.4, -0.2) is 67.7 Å². The third kappa shape index (κ3) is 4.95. The first-order chi connectivity index (χ1) is 22.9. The summed E-state index contributed by atoms with van der Waals surface area (Å²) >= 11 is 0. The minimum Gasteiger partial charge on any atom is -0.494 e. The molecule has 4 aromatic rings. The van der Waals surface area contributed by atoms with E-state index in [9.17, 15) is 22.8 Å². The van der Waals surface area contributed by atoms with Crippen LogP contribution in [0.5, 0.6) is 5.75 Å². The number of methoxy groups -OCH3 is 1. The highest BCUT2D eigenvalue weighted by Gasteiger charge is 2.68. The van der Waals surface area contributed by atoms with Gasteiger partial charge in [-0.2, -0.15) is 13.2 Å². The zero-order valence-corrected chi connectivity index (χ0v) is 27.3. The van der Waals surface area contributed by atoms with Crippen molar-refractivity contribution in [3.05, 3.63) is 41.6 Å². The van der Waals surface area contributed by atoms with Crippen LogP contribution in [0, 0.1) is 17.3 Å². The van der Waals surface area contributed by atoms with E-state index in [1.165, 1.54) is 0 Å². The van der Waals surface area contributed by atoms with Gasteiger partial charge < -0.3 is 29.8 Å². The highest BCUT2D eigenvalue weighted by atomic mass is 19.4. The quantitative estimate of drug-likeness (QED) is 0.258. The fraction of sp³-hybridized carbons (Fsp3) is 0.543. The Balaban J connectivity index is 1.16. The molecule has 0 spiro atoms. The average molecular weight is 664 g/mol. The molecule has 0 unspecified atom stereocenters. The van der Waals surface area contributed by atoms with Crippen LogP contribution in [0.1, 0.15) is 74.0 Å². The molecule has 254 valence electrons. The number of likely N-dealkylation sites (tertiary alicyclic amines) is 1. The molecule has 2 amide bonds. The second kappa shape index (κ2) is 10.9. The maximum absolute atomic E-state index is 13.9. The molecule has 1 aromatic carbocycles. The van der Waals surface area contributed by atoms with Gasteiger partial charge in [-0.3, -0.25) is 9.59 Å². The van der Waals surface area contributed by atoms with Crippen LogP contribution in [0.25, 0.3) is 33.6 Å². The van der Waals surface area contributed by atoms with E-state index in [1.807, 2.05) is 34.7 Å². The lowest BCUT2D eigenvalue weighted by molar-refractivity contribution is -0.192. The molecule has 1 aliphatic heterocycles. The van der Waals surface area contributed by atoms with E-state index in [0.29, 0.717) is 58.9 Å². The lowest BCUT2D eigenvalue weighted by atomic mass is 9.94. The first kappa shape index (κ1) is 31.2. The number of aromatic nitrogens is 4. The number of aryl methyl sites for hydroxylation is 1. The standard InChI is InChI=1S/C35H40F3N7O3/c1-18(40-33(47)34(10-11-34)35(36,37)38)25-9-7-21-14-27(45(30(21)41-25)16-19-4-5-19)31-42-26-13-22(15-28(48-3)29(26)43(31)2)32(46)44-17-24(39)20-6-8-23(44)12-20/h7,9,13-15,18-20,23-24H,4-6,8,10-12,16-17,39H2,1-3H3,(H,40,47)/t18-,20+,23-,24+/m1/s1. The summed E-state index contributed by atoms with van der Waals surface area (Å²) in [5, 5.41) is 3.43.